The summed E-state index contributed by atoms with van der Waals surface area (Å²) in [7, 11) is 1.46. The topological polar surface area (TPSA) is 110 Å². The predicted molar refractivity (Wildman–Crippen MR) is 130 cm³/mol. The maximum absolute atomic E-state index is 15.3. The molecule has 10 nitrogen and oxygen atoms in total. The van der Waals surface area contributed by atoms with E-state index in [4.69, 9.17) is 9.84 Å². The highest BCUT2D eigenvalue weighted by Gasteiger charge is 2.22. The molecule has 1 N–H and O–H groups in total. The molecule has 4 aromatic rings. The summed E-state index contributed by atoms with van der Waals surface area (Å²) >= 11 is 0. The lowest BCUT2D eigenvalue weighted by atomic mass is 10.1. The Balaban J connectivity index is 1.46. The van der Waals surface area contributed by atoms with Crippen LogP contribution in [0.5, 0.6) is 6.01 Å². The third kappa shape index (κ3) is 5.05. The number of carbonyl (C=O) groups is 1. The highest BCUT2D eigenvalue weighted by Crippen LogP contribution is 2.28. The molecule has 0 saturated carbocycles. The van der Waals surface area contributed by atoms with Crippen molar-refractivity contribution in [2.24, 2.45) is 0 Å². The van der Waals surface area contributed by atoms with E-state index in [-0.39, 0.29) is 12.6 Å². The Kier molecular flexibility index (Phi) is 6.66. The Bertz CT molecular complexity index is 1470. The van der Waals surface area contributed by atoms with Crippen LogP contribution in [0, 0.1) is 18.6 Å². The fourth-order valence-electron chi connectivity index (χ4n) is 4.45. The van der Waals surface area contributed by atoms with Crippen molar-refractivity contribution in [2.75, 3.05) is 33.3 Å². The molecule has 0 radical (unpaired) electrons. The number of hydrogen-bond donors (Lipinski definition) is 1. The molecule has 1 fully saturated rings. The van der Waals surface area contributed by atoms with E-state index in [2.05, 4.69) is 24.8 Å². The third-order valence-electron chi connectivity index (χ3n) is 6.39. The van der Waals surface area contributed by atoms with Gasteiger partial charge in [0.15, 0.2) is 5.65 Å². The first-order valence-corrected chi connectivity index (χ1v) is 11.7. The molecule has 1 amide bonds. The molecule has 1 saturated heterocycles. The molecule has 0 atom stereocenters. The van der Waals surface area contributed by atoms with Crippen LogP contribution in [0.4, 0.5) is 13.6 Å². The van der Waals surface area contributed by atoms with E-state index in [1.807, 2.05) is 6.07 Å². The number of rotatable bonds is 6. The van der Waals surface area contributed by atoms with Gasteiger partial charge < -0.3 is 19.3 Å². The van der Waals surface area contributed by atoms with Gasteiger partial charge in [-0.2, -0.15) is 9.97 Å². The Hall–Kier alpha value is -4.19. The lowest BCUT2D eigenvalue weighted by Crippen LogP contribution is -2.47. The van der Waals surface area contributed by atoms with E-state index in [9.17, 15) is 9.18 Å². The van der Waals surface area contributed by atoms with Gasteiger partial charge in [-0.25, -0.2) is 18.6 Å². The largest absolute Gasteiger partial charge is 0.467 e. The average molecular weight is 510 g/mol. The molecule has 1 aliphatic rings. The zero-order valence-corrected chi connectivity index (χ0v) is 20.4. The van der Waals surface area contributed by atoms with E-state index >= 15 is 4.39 Å². The number of carboxylic acid groups (broad SMARTS) is 1. The minimum absolute atomic E-state index is 0.0886. The molecule has 1 aromatic carbocycles. The second kappa shape index (κ2) is 10.1. The number of aryl methyl sites for hydroxylation is 1. The first kappa shape index (κ1) is 24.5. The summed E-state index contributed by atoms with van der Waals surface area (Å²) in [5.74, 6) is -0.534. The van der Waals surface area contributed by atoms with Crippen LogP contribution in [0.1, 0.15) is 16.8 Å². The minimum atomic E-state index is -0.923. The Morgan fingerprint density at radius 2 is 1.84 bits per heavy atom. The van der Waals surface area contributed by atoms with Gasteiger partial charge in [0.1, 0.15) is 23.0 Å². The Labute approximate surface area is 211 Å². The fourth-order valence-corrected chi connectivity index (χ4v) is 4.45. The van der Waals surface area contributed by atoms with Crippen molar-refractivity contribution >= 4 is 17.3 Å². The molecule has 5 rings (SSSR count). The SMILES string of the molecule is COc1nc(C)c2nc(-c3cncc(F)c3)n(Cc3ccc(CN4CCN(C(=O)O)CC4)cc3F)c2n1. The Morgan fingerprint density at radius 3 is 2.51 bits per heavy atom. The number of pyridine rings is 1. The summed E-state index contributed by atoms with van der Waals surface area (Å²) in [5, 5.41) is 9.12. The zero-order chi connectivity index (χ0) is 26.1. The van der Waals surface area contributed by atoms with Gasteiger partial charge in [0, 0.05) is 50.0 Å². The van der Waals surface area contributed by atoms with Crippen molar-refractivity contribution < 1.29 is 23.4 Å². The quantitative estimate of drug-likeness (QED) is 0.422. The molecule has 3 aromatic heterocycles. The monoisotopic (exact) mass is 509 g/mol. The number of amides is 1. The number of imidazole rings is 1. The van der Waals surface area contributed by atoms with Gasteiger partial charge in [-0.15, -0.1) is 0 Å². The van der Waals surface area contributed by atoms with Crippen molar-refractivity contribution in [3.05, 3.63) is 65.1 Å². The third-order valence-corrected chi connectivity index (χ3v) is 6.39. The van der Waals surface area contributed by atoms with E-state index in [1.165, 1.54) is 30.3 Å². The van der Waals surface area contributed by atoms with Gasteiger partial charge in [-0.3, -0.25) is 9.88 Å². The number of fused-ring (bicyclic) bond motifs is 1. The minimum Gasteiger partial charge on any atom is -0.467 e. The fraction of sp³-hybridized carbons (Fsp3) is 0.320. The zero-order valence-electron chi connectivity index (χ0n) is 20.4. The second-order valence-electron chi connectivity index (χ2n) is 8.85. The van der Waals surface area contributed by atoms with Crippen LogP contribution in [-0.4, -0.2) is 78.8 Å². The van der Waals surface area contributed by atoms with Gasteiger partial charge in [-0.05, 0) is 24.6 Å². The van der Waals surface area contributed by atoms with Crippen LogP contribution in [0.25, 0.3) is 22.6 Å². The molecular formula is C25H25F2N7O3. The van der Waals surface area contributed by atoms with Crippen molar-refractivity contribution in [1.82, 2.24) is 34.3 Å². The van der Waals surface area contributed by atoms with Crippen LogP contribution in [-0.2, 0) is 13.1 Å². The molecule has 0 unspecified atom stereocenters. The van der Waals surface area contributed by atoms with Crippen LogP contribution in [0.15, 0.2) is 36.7 Å². The standard InChI is InChI=1S/C25H25F2N7O3/c1-15-21-23(31-24(29-15)37-2)34(22(30-21)18-10-19(26)12-28-11-18)14-17-4-3-16(9-20(17)27)13-32-5-7-33(8-6-32)25(35)36/h3-4,9-12H,5-8,13-14H2,1-2H3,(H,35,36). The number of methoxy groups -OCH3 is 1. The maximum Gasteiger partial charge on any atom is 0.407 e. The van der Waals surface area contributed by atoms with E-state index in [1.54, 1.807) is 17.6 Å². The molecule has 1 aliphatic heterocycles. The summed E-state index contributed by atoms with van der Waals surface area (Å²) in [4.78, 5) is 31.9. The molecule has 0 aliphatic carbocycles. The van der Waals surface area contributed by atoms with E-state index < -0.39 is 17.7 Å². The number of ether oxygens (including phenoxy) is 1. The van der Waals surface area contributed by atoms with Gasteiger partial charge in [0.2, 0.25) is 0 Å². The molecule has 37 heavy (non-hydrogen) atoms. The average Bonchev–Trinajstić information content (AvgIpc) is 3.24. The summed E-state index contributed by atoms with van der Waals surface area (Å²) in [6.45, 7) is 4.39. The van der Waals surface area contributed by atoms with Gasteiger partial charge in [0.25, 0.3) is 0 Å². The van der Waals surface area contributed by atoms with Crippen LogP contribution >= 0.6 is 0 Å². The molecule has 0 bridgehead atoms. The van der Waals surface area contributed by atoms with E-state index in [0.29, 0.717) is 66.5 Å². The maximum atomic E-state index is 15.3. The van der Waals surface area contributed by atoms with Crippen molar-refractivity contribution in [3.63, 3.8) is 0 Å². The first-order valence-electron chi connectivity index (χ1n) is 11.7. The summed E-state index contributed by atoms with van der Waals surface area (Å²) in [6.07, 6.45) is 1.67. The van der Waals surface area contributed by atoms with Crippen LogP contribution < -0.4 is 4.74 Å². The smallest absolute Gasteiger partial charge is 0.407 e. The van der Waals surface area contributed by atoms with E-state index in [0.717, 1.165) is 11.8 Å². The highest BCUT2D eigenvalue weighted by atomic mass is 19.1. The number of halogens is 2. The number of nitrogens with zero attached hydrogens (tertiary/aromatic N) is 7. The molecular weight excluding hydrogens is 484 g/mol. The lowest BCUT2D eigenvalue weighted by molar-refractivity contribution is 0.103. The number of hydrogen-bond acceptors (Lipinski definition) is 7. The number of aromatic nitrogens is 5. The number of benzene rings is 1. The Morgan fingerprint density at radius 1 is 1.05 bits per heavy atom. The van der Waals surface area contributed by atoms with Crippen LogP contribution in [0.2, 0.25) is 0 Å². The summed E-state index contributed by atoms with van der Waals surface area (Å²) < 4.78 is 36.2. The van der Waals surface area contributed by atoms with Crippen molar-refractivity contribution in [2.45, 2.75) is 20.0 Å². The van der Waals surface area contributed by atoms with Gasteiger partial charge in [0.05, 0.1) is 25.5 Å². The van der Waals surface area contributed by atoms with Crippen molar-refractivity contribution in [1.29, 1.82) is 0 Å². The number of piperazine rings is 1. The lowest BCUT2D eigenvalue weighted by Gasteiger charge is -2.33. The molecule has 192 valence electrons. The summed E-state index contributed by atoms with van der Waals surface area (Å²) in [6, 6.07) is 6.51. The molecule has 12 heteroatoms. The molecule has 4 heterocycles. The van der Waals surface area contributed by atoms with Crippen molar-refractivity contribution in [3.8, 4) is 17.4 Å². The van der Waals surface area contributed by atoms with Crippen LogP contribution in [0.3, 0.4) is 0 Å². The summed E-state index contributed by atoms with van der Waals surface area (Å²) in [5.41, 5.74) is 3.12. The highest BCUT2D eigenvalue weighted by molar-refractivity contribution is 5.79. The van der Waals surface area contributed by atoms with Gasteiger partial charge in [-0.1, -0.05) is 12.1 Å². The second-order valence-corrected chi connectivity index (χ2v) is 8.85. The normalized spacial score (nSPS) is 14.3. The first-order chi connectivity index (χ1) is 17.8. The molecule has 0 spiro atoms. The predicted octanol–water partition coefficient (Wildman–Crippen LogP) is 3.33. The van der Waals surface area contributed by atoms with Gasteiger partial charge >= 0.3 is 12.1 Å².